The van der Waals surface area contributed by atoms with Gasteiger partial charge in [0.15, 0.2) is 5.11 Å². The monoisotopic (exact) mass is 479 g/mol. The molecule has 2 N–H and O–H groups in total. The average molecular weight is 480 g/mol. The van der Waals surface area contributed by atoms with E-state index in [-0.39, 0.29) is 30.4 Å². The van der Waals surface area contributed by atoms with Gasteiger partial charge in [-0.15, -0.1) is 0 Å². The summed E-state index contributed by atoms with van der Waals surface area (Å²) in [6, 6.07) is 17.9. The quantitative estimate of drug-likeness (QED) is 0.566. The Morgan fingerprint density at radius 2 is 1.74 bits per heavy atom. The molecular weight excluding hydrogens is 446 g/mol. The van der Waals surface area contributed by atoms with Crippen molar-refractivity contribution in [1.82, 2.24) is 15.1 Å². The summed E-state index contributed by atoms with van der Waals surface area (Å²) in [6.45, 7) is 4.41. The van der Waals surface area contributed by atoms with Crippen molar-refractivity contribution in [2.75, 3.05) is 37.4 Å². The summed E-state index contributed by atoms with van der Waals surface area (Å²) in [5, 5.41) is 6.88. The fraction of sp³-hybridized carbons (Fsp3) is 0.423. The highest BCUT2D eigenvalue weighted by molar-refractivity contribution is 7.80. The van der Waals surface area contributed by atoms with E-state index in [1.165, 1.54) is 0 Å². The van der Waals surface area contributed by atoms with Crippen molar-refractivity contribution < 1.29 is 9.59 Å². The molecule has 8 heteroatoms. The molecule has 0 bridgehead atoms. The van der Waals surface area contributed by atoms with Gasteiger partial charge in [0.05, 0.1) is 12.6 Å². The molecule has 1 aliphatic carbocycles. The van der Waals surface area contributed by atoms with Crippen LogP contribution >= 0.6 is 12.2 Å². The Morgan fingerprint density at radius 3 is 2.32 bits per heavy atom. The number of hydrogen-bond acceptors (Lipinski definition) is 4. The van der Waals surface area contributed by atoms with Gasteiger partial charge in [0.2, 0.25) is 11.8 Å². The van der Waals surface area contributed by atoms with Crippen LogP contribution in [0.3, 0.4) is 0 Å². The summed E-state index contributed by atoms with van der Waals surface area (Å²) in [5.41, 5.74) is 1.91. The van der Waals surface area contributed by atoms with E-state index in [0.717, 1.165) is 24.1 Å². The van der Waals surface area contributed by atoms with E-state index in [9.17, 15) is 9.59 Å². The zero-order chi connectivity index (χ0) is 24.5. The van der Waals surface area contributed by atoms with Crippen LogP contribution in [0, 0.1) is 0 Å². The highest BCUT2D eigenvalue weighted by Gasteiger charge is 2.46. The average Bonchev–Trinajstić information content (AvgIpc) is 3.56. The van der Waals surface area contributed by atoms with Crippen molar-refractivity contribution in [3.63, 3.8) is 0 Å². The van der Waals surface area contributed by atoms with E-state index >= 15 is 0 Å². The number of amides is 2. The molecule has 1 atom stereocenters. The summed E-state index contributed by atoms with van der Waals surface area (Å²) in [6.07, 6.45) is 1.82. The van der Waals surface area contributed by atoms with Crippen LogP contribution in [0.15, 0.2) is 54.6 Å². The topological polar surface area (TPSA) is 67.9 Å². The van der Waals surface area contributed by atoms with Gasteiger partial charge in [-0.2, -0.15) is 0 Å². The molecule has 2 aliphatic rings. The van der Waals surface area contributed by atoms with Crippen LogP contribution in [-0.4, -0.2) is 65.5 Å². The molecule has 1 unspecified atom stereocenters. The Bertz CT molecular complexity index is 1050. The molecule has 1 aliphatic heterocycles. The molecule has 4 rings (SSSR count). The number of thiocarbonyl (C=S) groups is 1. The lowest BCUT2D eigenvalue weighted by molar-refractivity contribution is -0.144. The van der Waals surface area contributed by atoms with Gasteiger partial charge in [0.1, 0.15) is 5.54 Å². The van der Waals surface area contributed by atoms with Gasteiger partial charge in [-0.05, 0) is 68.7 Å². The lowest BCUT2D eigenvalue weighted by atomic mass is 10.00. The number of hydrogen-bond donors (Lipinski definition) is 2. The Hall–Kier alpha value is -3.13. The van der Waals surface area contributed by atoms with Crippen LogP contribution in [0.1, 0.15) is 38.3 Å². The molecule has 0 aromatic heterocycles. The molecule has 2 aromatic rings. The second-order valence-electron chi connectivity index (χ2n) is 9.74. The molecule has 2 aromatic carbocycles. The molecule has 1 saturated carbocycles. The SMILES string of the molecule is CN(C)c1ccc(NC(=O)C(C)(C)N(C(=O)CN2CC(c3ccccc3)NC2=S)C2CC2)cc1. The summed E-state index contributed by atoms with van der Waals surface area (Å²) in [7, 11) is 3.94. The van der Waals surface area contributed by atoms with Crippen LogP contribution < -0.4 is 15.5 Å². The molecule has 180 valence electrons. The first-order valence-electron chi connectivity index (χ1n) is 11.7. The summed E-state index contributed by atoms with van der Waals surface area (Å²) < 4.78 is 0. The van der Waals surface area contributed by atoms with Crippen molar-refractivity contribution in [2.45, 2.75) is 44.3 Å². The minimum atomic E-state index is -0.994. The predicted octanol–water partition coefficient (Wildman–Crippen LogP) is 3.39. The Labute approximate surface area is 207 Å². The molecule has 0 spiro atoms. The van der Waals surface area contributed by atoms with Gasteiger partial charge in [0, 0.05) is 38.1 Å². The van der Waals surface area contributed by atoms with E-state index in [0.29, 0.717) is 17.3 Å². The standard InChI is InChI=1S/C26H33N5O2S/c1-26(2,24(33)27-19-10-12-20(13-11-19)29(3)4)31(21-14-15-21)23(32)17-30-16-22(28-25(30)34)18-8-6-5-7-9-18/h5-13,21-22H,14-17H2,1-4H3,(H,27,33)(H,28,34). The fourth-order valence-corrected chi connectivity index (χ4v) is 4.66. The third kappa shape index (κ3) is 5.17. The van der Waals surface area contributed by atoms with Gasteiger partial charge in [-0.25, -0.2) is 0 Å². The second kappa shape index (κ2) is 9.62. The summed E-state index contributed by atoms with van der Waals surface area (Å²) in [5.74, 6) is -0.280. The van der Waals surface area contributed by atoms with E-state index < -0.39 is 5.54 Å². The molecular formula is C26H33N5O2S. The zero-order valence-corrected chi connectivity index (χ0v) is 21.1. The Balaban J connectivity index is 1.43. The molecule has 0 radical (unpaired) electrons. The normalized spacial score (nSPS) is 17.8. The number of benzene rings is 2. The number of anilines is 2. The van der Waals surface area contributed by atoms with Crippen LogP contribution in [0.25, 0.3) is 0 Å². The van der Waals surface area contributed by atoms with Gasteiger partial charge < -0.3 is 25.3 Å². The lowest BCUT2D eigenvalue weighted by Gasteiger charge is -2.38. The Morgan fingerprint density at radius 1 is 1.09 bits per heavy atom. The molecule has 7 nitrogen and oxygen atoms in total. The second-order valence-corrected chi connectivity index (χ2v) is 10.1. The fourth-order valence-electron chi connectivity index (χ4n) is 4.38. The third-order valence-corrected chi connectivity index (χ3v) is 6.87. The molecule has 1 heterocycles. The van der Waals surface area contributed by atoms with E-state index in [1.807, 2.05) is 80.2 Å². The largest absolute Gasteiger partial charge is 0.378 e. The van der Waals surface area contributed by atoms with Gasteiger partial charge in [-0.3, -0.25) is 9.59 Å². The van der Waals surface area contributed by atoms with Crippen molar-refractivity contribution in [2.24, 2.45) is 0 Å². The van der Waals surface area contributed by atoms with Crippen molar-refractivity contribution in [3.8, 4) is 0 Å². The maximum absolute atomic E-state index is 13.5. The van der Waals surface area contributed by atoms with Crippen molar-refractivity contribution in [3.05, 3.63) is 60.2 Å². The number of carbonyl (C=O) groups excluding carboxylic acids is 2. The first kappa shape index (κ1) is 24.0. The van der Waals surface area contributed by atoms with Crippen LogP contribution in [0.5, 0.6) is 0 Å². The first-order chi connectivity index (χ1) is 16.2. The molecule has 34 heavy (non-hydrogen) atoms. The third-order valence-electron chi connectivity index (χ3n) is 6.50. The summed E-state index contributed by atoms with van der Waals surface area (Å²) >= 11 is 5.53. The number of carbonyl (C=O) groups is 2. The number of rotatable bonds is 8. The maximum Gasteiger partial charge on any atom is 0.249 e. The van der Waals surface area contributed by atoms with Gasteiger partial charge in [0.25, 0.3) is 0 Å². The zero-order valence-electron chi connectivity index (χ0n) is 20.2. The minimum absolute atomic E-state index is 0.0531. The molecule has 1 saturated heterocycles. The summed E-state index contributed by atoms with van der Waals surface area (Å²) in [4.78, 5) is 32.5. The molecule has 2 fully saturated rings. The highest BCUT2D eigenvalue weighted by atomic mass is 32.1. The van der Waals surface area contributed by atoms with E-state index in [1.54, 1.807) is 4.90 Å². The van der Waals surface area contributed by atoms with E-state index in [2.05, 4.69) is 22.8 Å². The maximum atomic E-state index is 13.5. The minimum Gasteiger partial charge on any atom is -0.378 e. The smallest absolute Gasteiger partial charge is 0.249 e. The van der Waals surface area contributed by atoms with Crippen LogP contribution in [0.4, 0.5) is 11.4 Å². The molecule has 2 amide bonds. The number of nitrogens with one attached hydrogen (secondary N) is 2. The van der Waals surface area contributed by atoms with E-state index in [4.69, 9.17) is 12.2 Å². The highest BCUT2D eigenvalue weighted by Crippen LogP contribution is 2.34. The van der Waals surface area contributed by atoms with Crippen molar-refractivity contribution >= 4 is 40.5 Å². The van der Waals surface area contributed by atoms with Gasteiger partial charge in [-0.1, -0.05) is 30.3 Å². The van der Waals surface area contributed by atoms with Gasteiger partial charge >= 0.3 is 0 Å². The lowest BCUT2D eigenvalue weighted by Crippen LogP contribution is -2.58. The predicted molar refractivity (Wildman–Crippen MR) is 140 cm³/mol. The first-order valence-corrected chi connectivity index (χ1v) is 12.1. The van der Waals surface area contributed by atoms with Crippen LogP contribution in [-0.2, 0) is 9.59 Å². The number of nitrogens with zero attached hydrogens (tertiary/aromatic N) is 3. The van der Waals surface area contributed by atoms with Crippen LogP contribution in [0.2, 0.25) is 0 Å². The van der Waals surface area contributed by atoms with Crippen molar-refractivity contribution in [1.29, 1.82) is 0 Å². The Kier molecular flexibility index (Phi) is 6.79.